The van der Waals surface area contributed by atoms with Gasteiger partial charge in [-0.2, -0.15) is 18.3 Å². The minimum absolute atomic E-state index is 0.00907. The average Bonchev–Trinajstić information content (AvgIpc) is 2.64. The molecule has 0 spiro atoms. The summed E-state index contributed by atoms with van der Waals surface area (Å²) < 4.78 is 37.1. The normalized spacial score (nSPS) is 11.8. The van der Waals surface area contributed by atoms with Crippen LogP contribution in [0.1, 0.15) is 19.2 Å². The Balaban J connectivity index is 2.37. The number of aryl methyl sites for hydroxylation is 1. The summed E-state index contributed by atoms with van der Waals surface area (Å²) in [6.45, 7) is 1.11. The fourth-order valence-electron chi connectivity index (χ4n) is 1.41. The molecule has 0 unspecified atom stereocenters. The number of rotatable bonds is 7. The predicted molar refractivity (Wildman–Crippen MR) is 57.9 cm³/mol. The number of nitrogens with one attached hydrogen (secondary N) is 1. The second kappa shape index (κ2) is 6.48. The lowest BCUT2D eigenvalue weighted by Gasteiger charge is -2.07. The van der Waals surface area contributed by atoms with Gasteiger partial charge in [-0.1, -0.05) is 6.92 Å². The largest absolute Gasteiger partial charge is 0.401 e. The predicted octanol–water partition coefficient (Wildman–Crippen LogP) is 0.952. The maximum atomic E-state index is 11.8. The maximum Gasteiger partial charge on any atom is 0.401 e. The van der Waals surface area contributed by atoms with Crippen LogP contribution in [0.3, 0.4) is 0 Å². The smallest absolute Gasteiger partial charge is 0.302 e. The number of ketones is 1. The standard InChI is InChI=1S/C10H15F3N4O/c1-2-3-17-9(15-7-16-17)4-8(18)5-14-6-10(11,12)13/h7,14H,2-6H2,1H3. The number of aromatic nitrogens is 3. The zero-order valence-corrected chi connectivity index (χ0v) is 10.00. The Morgan fingerprint density at radius 1 is 1.50 bits per heavy atom. The van der Waals surface area contributed by atoms with Gasteiger partial charge in [0.05, 0.1) is 19.5 Å². The van der Waals surface area contributed by atoms with Crippen LogP contribution in [0.5, 0.6) is 0 Å². The first kappa shape index (κ1) is 14.6. The SMILES string of the molecule is CCCn1ncnc1CC(=O)CNCC(F)(F)F. The summed E-state index contributed by atoms with van der Waals surface area (Å²) in [5, 5.41) is 5.99. The molecule has 1 N–H and O–H groups in total. The molecule has 0 amide bonds. The highest BCUT2D eigenvalue weighted by molar-refractivity contribution is 5.82. The molecule has 8 heteroatoms. The Morgan fingerprint density at radius 2 is 2.22 bits per heavy atom. The molecule has 18 heavy (non-hydrogen) atoms. The second-order valence-electron chi connectivity index (χ2n) is 3.83. The van der Waals surface area contributed by atoms with Crippen molar-refractivity contribution in [1.29, 1.82) is 0 Å². The molecular formula is C10H15F3N4O. The molecule has 1 aromatic heterocycles. The van der Waals surface area contributed by atoms with E-state index in [2.05, 4.69) is 15.4 Å². The number of carbonyl (C=O) groups is 1. The molecule has 0 saturated heterocycles. The molecule has 0 fully saturated rings. The van der Waals surface area contributed by atoms with Gasteiger partial charge in [-0.3, -0.25) is 4.79 Å². The van der Waals surface area contributed by atoms with Crippen molar-refractivity contribution in [3.63, 3.8) is 0 Å². The van der Waals surface area contributed by atoms with Gasteiger partial charge in [0, 0.05) is 6.54 Å². The van der Waals surface area contributed by atoms with Gasteiger partial charge in [0.2, 0.25) is 0 Å². The van der Waals surface area contributed by atoms with E-state index in [4.69, 9.17) is 0 Å². The summed E-state index contributed by atoms with van der Waals surface area (Å²) in [5.74, 6) is 0.139. The zero-order chi connectivity index (χ0) is 13.6. The number of hydrogen-bond acceptors (Lipinski definition) is 4. The summed E-state index contributed by atoms with van der Waals surface area (Å²) in [5.41, 5.74) is 0. The highest BCUT2D eigenvalue weighted by atomic mass is 19.4. The van der Waals surface area contributed by atoms with E-state index in [1.54, 1.807) is 4.68 Å². The van der Waals surface area contributed by atoms with Gasteiger partial charge in [0.1, 0.15) is 12.2 Å². The Hall–Kier alpha value is -1.44. The van der Waals surface area contributed by atoms with Gasteiger partial charge in [0.15, 0.2) is 5.78 Å². The molecule has 1 heterocycles. The number of hydrogen-bond donors (Lipinski definition) is 1. The molecule has 0 aliphatic carbocycles. The van der Waals surface area contributed by atoms with Crippen molar-refractivity contribution in [2.45, 2.75) is 32.5 Å². The lowest BCUT2D eigenvalue weighted by atomic mass is 10.2. The van der Waals surface area contributed by atoms with Crippen molar-refractivity contribution in [2.75, 3.05) is 13.1 Å². The molecule has 0 atom stereocenters. The second-order valence-corrected chi connectivity index (χ2v) is 3.83. The van der Waals surface area contributed by atoms with Gasteiger partial charge >= 0.3 is 6.18 Å². The van der Waals surface area contributed by atoms with Crippen molar-refractivity contribution in [1.82, 2.24) is 20.1 Å². The minimum Gasteiger partial charge on any atom is -0.302 e. The number of Topliss-reactive ketones (excluding diaryl/α,β-unsaturated/α-hetero) is 1. The van der Waals surface area contributed by atoms with E-state index in [1.165, 1.54) is 6.33 Å². The highest BCUT2D eigenvalue weighted by Gasteiger charge is 2.26. The Bertz CT molecular complexity index is 389. The van der Waals surface area contributed by atoms with Crippen LogP contribution < -0.4 is 5.32 Å². The van der Waals surface area contributed by atoms with Crippen LogP contribution in [0.2, 0.25) is 0 Å². The highest BCUT2D eigenvalue weighted by Crippen LogP contribution is 2.11. The molecule has 0 bridgehead atoms. The van der Waals surface area contributed by atoms with E-state index < -0.39 is 12.7 Å². The monoisotopic (exact) mass is 264 g/mol. The summed E-state index contributed by atoms with van der Waals surface area (Å²) in [7, 11) is 0. The molecule has 1 rings (SSSR count). The van der Waals surface area contributed by atoms with Crippen LogP contribution in [-0.4, -0.2) is 39.8 Å². The van der Waals surface area contributed by atoms with E-state index in [0.29, 0.717) is 12.4 Å². The third-order valence-electron chi connectivity index (χ3n) is 2.13. The molecule has 0 aliphatic rings. The zero-order valence-electron chi connectivity index (χ0n) is 10.00. The third kappa shape index (κ3) is 5.26. The molecule has 0 saturated carbocycles. The molecule has 0 radical (unpaired) electrons. The summed E-state index contributed by atoms with van der Waals surface area (Å²) >= 11 is 0. The van der Waals surface area contributed by atoms with Gasteiger partial charge in [0.25, 0.3) is 0 Å². The van der Waals surface area contributed by atoms with Gasteiger partial charge in [-0.05, 0) is 6.42 Å². The van der Waals surface area contributed by atoms with Crippen LogP contribution >= 0.6 is 0 Å². The van der Waals surface area contributed by atoms with E-state index in [1.807, 2.05) is 6.92 Å². The first-order chi connectivity index (χ1) is 8.42. The average molecular weight is 264 g/mol. The van der Waals surface area contributed by atoms with Crippen LogP contribution in [0.15, 0.2) is 6.33 Å². The van der Waals surface area contributed by atoms with Crippen LogP contribution in [0, 0.1) is 0 Å². The van der Waals surface area contributed by atoms with Crippen molar-refractivity contribution in [3.05, 3.63) is 12.2 Å². The fourth-order valence-corrected chi connectivity index (χ4v) is 1.41. The Labute approximate surface area is 102 Å². The molecule has 0 aliphatic heterocycles. The number of carbonyl (C=O) groups excluding carboxylic acids is 1. The minimum atomic E-state index is -4.30. The van der Waals surface area contributed by atoms with Crippen molar-refractivity contribution >= 4 is 5.78 Å². The number of nitrogens with zero attached hydrogens (tertiary/aromatic N) is 3. The van der Waals surface area contributed by atoms with E-state index in [0.717, 1.165) is 6.42 Å². The number of alkyl halides is 3. The lowest BCUT2D eigenvalue weighted by Crippen LogP contribution is -2.33. The summed E-state index contributed by atoms with van der Waals surface area (Å²) in [6, 6.07) is 0. The molecular weight excluding hydrogens is 249 g/mol. The quantitative estimate of drug-likeness (QED) is 0.796. The summed E-state index contributed by atoms with van der Waals surface area (Å²) in [4.78, 5) is 15.4. The van der Waals surface area contributed by atoms with Gasteiger partial charge in [-0.15, -0.1) is 0 Å². The Kier molecular flexibility index (Phi) is 5.26. The first-order valence-corrected chi connectivity index (χ1v) is 5.58. The van der Waals surface area contributed by atoms with Gasteiger partial charge < -0.3 is 5.32 Å². The third-order valence-corrected chi connectivity index (χ3v) is 2.13. The lowest BCUT2D eigenvalue weighted by molar-refractivity contribution is -0.127. The van der Waals surface area contributed by atoms with E-state index in [9.17, 15) is 18.0 Å². The van der Waals surface area contributed by atoms with Crippen LogP contribution in [0.4, 0.5) is 13.2 Å². The number of halogens is 3. The molecule has 5 nitrogen and oxygen atoms in total. The maximum absolute atomic E-state index is 11.8. The Morgan fingerprint density at radius 3 is 2.83 bits per heavy atom. The van der Waals surface area contributed by atoms with Gasteiger partial charge in [-0.25, -0.2) is 9.67 Å². The van der Waals surface area contributed by atoms with Crippen molar-refractivity contribution in [3.8, 4) is 0 Å². The topological polar surface area (TPSA) is 59.8 Å². The van der Waals surface area contributed by atoms with Crippen LogP contribution in [-0.2, 0) is 17.8 Å². The molecule has 102 valence electrons. The molecule has 0 aromatic carbocycles. The van der Waals surface area contributed by atoms with Crippen LogP contribution in [0.25, 0.3) is 0 Å². The van der Waals surface area contributed by atoms with Crippen molar-refractivity contribution in [2.24, 2.45) is 0 Å². The molecule has 1 aromatic rings. The first-order valence-electron chi connectivity index (χ1n) is 5.58. The van der Waals surface area contributed by atoms with Crippen molar-refractivity contribution < 1.29 is 18.0 Å². The summed E-state index contributed by atoms with van der Waals surface area (Å²) in [6.07, 6.45) is -2.13. The van der Waals surface area contributed by atoms with E-state index in [-0.39, 0.29) is 18.7 Å². The van der Waals surface area contributed by atoms with E-state index >= 15 is 0 Å². The fraction of sp³-hybridized carbons (Fsp3) is 0.700.